The lowest BCUT2D eigenvalue weighted by atomic mass is 10.3. The van der Waals surface area contributed by atoms with E-state index >= 15 is 0 Å². The maximum Gasteiger partial charge on any atom is 0.169 e. The number of anilines is 1. The van der Waals surface area contributed by atoms with Gasteiger partial charge in [0, 0.05) is 6.20 Å². The van der Waals surface area contributed by atoms with E-state index in [1.165, 1.54) is 12.1 Å². The Kier molecular flexibility index (Phi) is 3.82. The second-order valence-corrected chi connectivity index (χ2v) is 3.36. The molecule has 4 heteroatoms. The molecule has 0 fully saturated rings. The average molecular weight is 217 g/mol. The monoisotopic (exact) mass is 217 g/mol. The maximum atomic E-state index is 4.65. The third-order valence-corrected chi connectivity index (χ3v) is 2.19. The van der Waals surface area contributed by atoms with Gasteiger partial charge in [-0.25, -0.2) is 0 Å². The molecule has 1 aromatic carbocycles. The molecule has 4 nitrogen and oxygen atoms in total. The van der Waals surface area contributed by atoms with Gasteiger partial charge in [0.2, 0.25) is 0 Å². The van der Waals surface area contributed by atoms with E-state index in [1.807, 2.05) is 24.4 Å². The number of nitrogens with zero attached hydrogens (tertiary/aromatic N) is 2. The summed E-state index contributed by atoms with van der Waals surface area (Å²) < 4.78 is 4.65. The molecule has 0 atom stereocenters. The molecule has 0 saturated carbocycles. The minimum absolute atomic E-state index is 0.778. The van der Waals surface area contributed by atoms with Crippen molar-refractivity contribution in [2.75, 3.05) is 24.7 Å². The van der Waals surface area contributed by atoms with Crippen LogP contribution in [0.5, 0.6) is 0 Å². The summed E-state index contributed by atoms with van der Waals surface area (Å²) >= 11 is 0. The van der Waals surface area contributed by atoms with E-state index in [0.717, 1.165) is 19.7 Å². The molecule has 0 radical (unpaired) electrons. The number of aliphatic imine (C=N–C) groups is 1. The van der Waals surface area contributed by atoms with Crippen LogP contribution in [-0.2, 0) is 4.74 Å². The summed E-state index contributed by atoms with van der Waals surface area (Å²) in [6.45, 7) is 2.57. The topological polar surface area (TPSA) is 36.9 Å². The molecule has 0 aromatic heterocycles. The SMILES string of the molecule is C1=CNN(c2ccccc2)C1.C1=NCCO1. The third kappa shape index (κ3) is 3.02. The number of hydrogen-bond donors (Lipinski definition) is 1. The number of para-hydroxylation sites is 1. The van der Waals surface area contributed by atoms with E-state index in [-0.39, 0.29) is 0 Å². The van der Waals surface area contributed by atoms with Crippen LogP contribution in [0.2, 0.25) is 0 Å². The molecule has 0 unspecified atom stereocenters. The fourth-order valence-electron chi connectivity index (χ4n) is 1.40. The molecular weight excluding hydrogens is 202 g/mol. The van der Waals surface area contributed by atoms with E-state index < -0.39 is 0 Å². The van der Waals surface area contributed by atoms with Crippen LogP contribution in [0, 0.1) is 0 Å². The number of hydrazine groups is 1. The van der Waals surface area contributed by atoms with Crippen molar-refractivity contribution in [1.82, 2.24) is 5.43 Å². The zero-order chi connectivity index (χ0) is 11.1. The molecular formula is C12H15N3O. The minimum atomic E-state index is 0.778. The van der Waals surface area contributed by atoms with Gasteiger partial charge in [0.05, 0.1) is 18.8 Å². The van der Waals surface area contributed by atoms with Gasteiger partial charge in [-0.15, -0.1) is 0 Å². The Balaban J connectivity index is 0.000000162. The van der Waals surface area contributed by atoms with Gasteiger partial charge in [-0.3, -0.25) is 10.0 Å². The van der Waals surface area contributed by atoms with Crippen molar-refractivity contribution < 1.29 is 4.74 Å². The van der Waals surface area contributed by atoms with Crippen LogP contribution in [0.3, 0.4) is 0 Å². The maximum absolute atomic E-state index is 4.65. The van der Waals surface area contributed by atoms with Crippen LogP contribution in [0.25, 0.3) is 0 Å². The molecule has 1 N–H and O–H groups in total. The minimum Gasteiger partial charge on any atom is -0.482 e. The van der Waals surface area contributed by atoms with Crippen molar-refractivity contribution in [2.24, 2.45) is 4.99 Å². The highest BCUT2D eigenvalue weighted by Gasteiger charge is 2.04. The molecule has 0 spiro atoms. The van der Waals surface area contributed by atoms with E-state index in [0.29, 0.717) is 0 Å². The van der Waals surface area contributed by atoms with Gasteiger partial charge in [0.1, 0.15) is 6.61 Å². The smallest absolute Gasteiger partial charge is 0.169 e. The van der Waals surface area contributed by atoms with Crippen molar-refractivity contribution in [3.05, 3.63) is 42.6 Å². The van der Waals surface area contributed by atoms with Crippen LogP contribution in [0.15, 0.2) is 47.6 Å². The van der Waals surface area contributed by atoms with Crippen LogP contribution in [0.4, 0.5) is 5.69 Å². The van der Waals surface area contributed by atoms with E-state index in [2.05, 4.69) is 38.4 Å². The van der Waals surface area contributed by atoms with Crippen molar-refractivity contribution in [1.29, 1.82) is 0 Å². The fourth-order valence-corrected chi connectivity index (χ4v) is 1.40. The van der Waals surface area contributed by atoms with Gasteiger partial charge in [0.15, 0.2) is 6.40 Å². The van der Waals surface area contributed by atoms with Crippen LogP contribution in [-0.4, -0.2) is 26.1 Å². The van der Waals surface area contributed by atoms with Gasteiger partial charge >= 0.3 is 0 Å². The average Bonchev–Trinajstić information content (AvgIpc) is 3.07. The molecule has 2 aliphatic rings. The summed E-state index contributed by atoms with van der Waals surface area (Å²) in [4.78, 5) is 3.74. The van der Waals surface area contributed by atoms with Gasteiger partial charge in [0.25, 0.3) is 0 Å². The first kappa shape index (κ1) is 10.5. The van der Waals surface area contributed by atoms with Gasteiger partial charge < -0.3 is 10.2 Å². The Morgan fingerprint density at radius 2 is 2.12 bits per heavy atom. The second-order valence-electron chi connectivity index (χ2n) is 3.36. The quantitative estimate of drug-likeness (QED) is 0.775. The van der Waals surface area contributed by atoms with Crippen molar-refractivity contribution in [2.45, 2.75) is 0 Å². The molecule has 0 saturated heterocycles. The molecule has 0 amide bonds. The molecule has 1 aromatic rings. The fraction of sp³-hybridized carbons (Fsp3) is 0.250. The standard InChI is InChI=1S/C9H10N2.C3H5NO/c1-2-5-9(6-3-1)11-8-4-7-10-11;1-2-5-3-4-1/h1-7,10H,8H2;3H,1-2H2. The molecule has 3 rings (SSSR count). The first-order valence-electron chi connectivity index (χ1n) is 5.30. The van der Waals surface area contributed by atoms with Crippen LogP contribution >= 0.6 is 0 Å². The Morgan fingerprint density at radius 1 is 1.25 bits per heavy atom. The molecule has 0 aliphatic carbocycles. The van der Waals surface area contributed by atoms with E-state index in [9.17, 15) is 0 Å². The number of nitrogens with one attached hydrogen (secondary N) is 1. The summed E-state index contributed by atoms with van der Waals surface area (Å²) in [5, 5.41) is 2.08. The highest BCUT2D eigenvalue weighted by Crippen LogP contribution is 2.12. The summed E-state index contributed by atoms with van der Waals surface area (Å²) in [5.74, 6) is 0. The van der Waals surface area contributed by atoms with E-state index in [4.69, 9.17) is 0 Å². The molecule has 2 aliphatic heterocycles. The Morgan fingerprint density at radius 3 is 2.62 bits per heavy atom. The number of benzene rings is 1. The molecule has 16 heavy (non-hydrogen) atoms. The largest absolute Gasteiger partial charge is 0.482 e. The molecule has 84 valence electrons. The van der Waals surface area contributed by atoms with E-state index in [1.54, 1.807) is 0 Å². The highest BCUT2D eigenvalue weighted by atomic mass is 16.5. The predicted octanol–water partition coefficient (Wildman–Crippen LogP) is 1.57. The van der Waals surface area contributed by atoms with Crippen LogP contribution in [0.1, 0.15) is 0 Å². The zero-order valence-electron chi connectivity index (χ0n) is 9.04. The summed E-state index contributed by atoms with van der Waals surface area (Å²) in [6, 6.07) is 10.3. The second kappa shape index (κ2) is 5.80. The first-order valence-corrected chi connectivity index (χ1v) is 5.30. The summed E-state index contributed by atoms with van der Waals surface area (Å²) in [5.41, 5.74) is 4.33. The molecule has 2 heterocycles. The third-order valence-electron chi connectivity index (χ3n) is 2.19. The lowest BCUT2D eigenvalue weighted by Crippen LogP contribution is -2.29. The number of ether oxygens (including phenoxy) is 1. The number of rotatable bonds is 1. The highest BCUT2D eigenvalue weighted by molar-refractivity contribution is 5.48. The van der Waals surface area contributed by atoms with Crippen molar-refractivity contribution >= 4 is 12.1 Å². The lowest BCUT2D eigenvalue weighted by Gasteiger charge is -2.17. The van der Waals surface area contributed by atoms with Gasteiger partial charge in [-0.05, 0) is 18.2 Å². The van der Waals surface area contributed by atoms with Crippen molar-refractivity contribution in [3.63, 3.8) is 0 Å². The Bertz CT molecular complexity index is 348. The lowest BCUT2D eigenvalue weighted by molar-refractivity contribution is 0.361. The Hall–Kier alpha value is -1.97. The first-order chi connectivity index (χ1) is 7.97. The zero-order valence-corrected chi connectivity index (χ0v) is 9.04. The van der Waals surface area contributed by atoms with Crippen molar-refractivity contribution in [3.8, 4) is 0 Å². The summed E-state index contributed by atoms with van der Waals surface area (Å²) in [7, 11) is 0. The van der Waals surface area contributed by atoms with Gasteiger partial charge in [-0.2, -0.15) is 0 Å². The number of hydrogen-bond acceptors (Lipinski definition) is 4. The summed E-state index contributed by atoms with van der Waals surface area (Å²) in [6.07, 6.45) is 5.53. The van der Waals surface area contributed by atoms with Crippen LogP contribution < -0.4 is 10.4 Å². The Labute approximate surface area is 95.2 Å². The molecule has 0 bridgehead atoms. The normalized spacial score (nSPS) is 16.4. The predicted molar refractivity (Wildman–Crippen MR) is 65.4 cm³/mol. The van der Waals surface area contributed by atoms with Gasteiger partial charge in [-0.1, -0.05) is 18.2 Å².